The van der Waals surface area contributed by atoms with Gasteiger partial charge in [0.1, 0.15) is 24.5 Å². The molecular weight excluding hydrogens is 576 g/mol. The van der Waals surface area contributed by atoms with E-state index in [2.05, 4.69) is 26.1 Å². The van der Waals surface area contributed by atoms with Crippen molar-refractivity contribution in [2.75, 3.05) is 66.1 Å². The summed E-state index contributed by atoms with van der Waals surface area (Å²) in [6.07, 6.45) is 3.27. The first-order valence-electron chi connectivity index (χ1n) is 13.7. The number of nitrogens with one attached hydrogen (secondary N) is 2. The van der Waals surface area contributed by atoms with Gasteiger partial charge in [0.05, 0.1) is 44.8 Å². The molecule has 1 aromatic heterocycles. The van der Waals surface area contributed by atoms with Crippen LogP contribution in [-0.2, 0) is 19.7 Å². The quantitative estimate of drug-likeness (QED) is 0.243. The van der Waals surface area contributed by atoms with Crippen LogP contribution in [-0.4, -0.2) is 89.6 Å². The Morgan fingerprint density at radius 2 is 1.84 bits per heavy atom. The van der Waals surface area contributed by atoms with E-state index in [1.54, 1.807) is 49.7 Å². The molecule has 0 amide bonds. The fraction of sp³-hybridized carbons (Fsp3) is 0.414. The number of methoxy groups -OCH3 is 1. The number of anilines is 2. The van der Waals surface area contributed by atoms with Crippen molar-refractivity contribution in [3.8, 4) is 34.6 Å². The molecule has 1 aliphatic rings. The molecule has 2 N–H and O–H groups in total. The Hall–Kier alpha value is -4.00. The molecule has 0 spiro atoms. The molecule has 1 aliphatic heterocycles. The molecule has 4 rings (SSSR count). The summed E-state index contributed by atoms with van der Waals surface area (Å²) in [7, 11) is 0.967. The van der Waals surface area contributed by atoms with E-state index in [1.807, 2.05) is 6.07 Å². The predicted octanol–water partition coefficient (Wildman–Crippen LogP) is 3.12. The molecule has 230 valence electrons. The summed E-state index contributed by atoms with van der Waals surface area (Å²) in [5, 5.41) is 12.9. The molecule has 2 heterocycles. The predicted molar refractivity (Wildman–Crippen MR) is 160 cm³/mol. The van der Waals surface area contributed by atoms with Gasteiger partial charge in [0.15, 0.2) is 11.5 Å². The Morgan fingerprint density at radius 1 is 1.05 bits per heavy atom. The van der Waals surface area contributed by atoms with Crippen molar-refractivity contribution >= 4 is 21.8 Å². The molecule has 13 nitrogen and oxygen atoms in total. The van der Waals surface area contributed by atoms with Crippen LogP contribution < -0.4 is 24.2 Å². The number of hydrogen-bond acceptors (Lipinski definition) is 11. The third kappa shape index (κ3) is 9.24. The summed E-state index contributed by atoms with van der Waals surface area (Å²) < 4.78 is 55.0. The average Bonchev–Trinajstić information content (AvgIpc) is 3.01. The van der Waals surface area contributed by atoms with Crippen molar-refractivity contribution in [3.05, 3.63) is 54.2 Å². The van der Waals surface area contributed by atoms with E-state index in [4.69, 9.17) is 23.7 Å². The first kappa shape index (κ1) is 31.9. The highest BCUT2D eigenvalue weighted by Gasteiger charge is 2.18. The van der Waals surface area contributed by atoms with Gasteiger partial charge in [-0.15, -0.1) is 0 Å². The van der Waals surface area contributed by atoms with Gasteiger partial charge in [-0.05, 0) is 36.4 Å². The van der Waals surface area contributed by atoms with Crippen LogP contribution in [0.4, 0.5) is 11.6 Å². The van der Waals surface area contributed by atoms with Crippen LogP contribution >= 0.6 is 0 Å². The molecular formula is C29H36N6O7S. The van der Waals surface area contributed by atoms with Crippen LogP contribution in [0.25, 0.3) is 11.3 Å². The third-order valence-corrected chi connectivity index (χ3v) is 7.96. The van der Waals surface area contributed by atoms with Crippen molar-refractivity contribution < 1.29 is 32.1 Å². The summed E-state index contributed by atoms with van der Waals surface area (Å²) >= 11 is 0. The number of nitrogens with zero attached hydrogens (tertiary/aromatic N) is 4. The lowest BCUT2D eigenvalue weighted by molar-refractivity contribution is 0.0254. The van der Waals surface area contributed by atoms with Crippen LogP contribution in [0.2, 0.25) is 0 Å². The Kier molecular flexibility index (Phi) is 11.5. The first-order chi connectivity index (χ1) is 20.8. The van der Waals surface area contributed by atoms with Crippen LogP contribution in [0.3, 0.4) is 0 Å². The maximum atomic E-state index is 11.7. The molecule has 0 saturated carbocycles. The molecule has 0 radical (unpaired) electrons. The lowest BCUT2D eigenvalue weighted by atomic mass is 10.1. The zero-order valence-electron chi connectivity index (χ0n) is 24.4. The summed E-state index contributed by atoms with van der Waals surface area (Å²) in [6.45, 7) is 2.20. The molecule has 0 unspecified atom stereocenters. The molecule has 14 heteroatoms. The first-order valence-corrected chi connectivity index (χ1v) is 15.2. The third-order valence-electron chi connectivity index (χ3n) is 6.43. The topological polar surface area (TPSA) is 157 Å². The summed E-state index contributed by atoms with van der Waals surface area (Å²) in [5.74, 6) is 1.94. The van der Waals surface area contributed by atoms with Gasteiger partial charge < -0.3 is 29.0 Å². The fourth-order valence-corrected chi connectivity index (χ4v) is 4.71. The maximum absolute atomic E-state index is 11.7. The zero-order valence-corrected chi connectivity index (χ0v) is 25.2. The van der Waals surface area contributed by atoms with Gasteiger partial charge in [0.2, 0.25) is 5.95 Å². The highest BCUT2D eigenvalue weighted by Crippen LogP contribution is 2.32. The fourth-order valence-electron chi connectivity index (χ4n) is 4.11. The lowest BCUT2D eigenvalue weighted by Crippen LogP contribution is -2.37. The molecule has 0 aliphatic carbocycles. The van der Waals surface area contributed by atoms with E-state index in [9.17, 15) is 13.7 Å². The normalized spacial score (nSPS) is 13.8. The minimum Gasteiger partial charge on any atom is -0.493 e. The van der Waals surface area contributed by atoms with E-state index < -0.39 is 10.2 Å². The second-order valence-corrected chi connectivity index (χ2v) is 11.6. The summed E-state index contributed by atoms with van der Waals surface area (Å²) in [5.41, 5.74) is 2.54. The van der Waals surface area contributed by atoms with Crippen molar-refractivity contribution in [3.63, 3.8) is 0 Å². The molecule has 0 atom stereocenters. The van der Waals surface area contributed by atoms with Crippen molar-refractivity contribution in [1.82, 2.24) is 19.0 Å². The van der Waals surface area contributed by atoms with Crippen LogP contribution in [0.5, 0.6) is 17.2 Å². The molecule has 3 aromatic rings. The zero-order chi connectivity index (χ0) is 30.7. The average molecular weight is 613 g/mol. The lowest BCUT2D eigenvalue weighted by Gasteiger charge is -2.23. The second kappa shape index (κ2) is 15.5. The number of nitriles is 1. The highest BCUT2D eigenvalue weighted by atomic mass is 32.2. The Morgan fingerprint density at radius 3 is 2.58 bits per heavy atom. The van der Waals surface area contributed by atoms with Crippen LogP contribution in [0.15, 0.2) is 48.7 Å². The second-order valence-electron chi connectivity index (χ2n) is 9.65. The van der Waals surface area contributed by atoms with Gasteiger partial charge in [-0.2, -0.15) is 22.7 Å². The minimum atomic E-state index is -3.47. The number of hydrogen-bond donors (Lipinski definition) is 2. The number of aromatic nitrogens is 2. The van der Waals surface area contributed by atoms with E-state index >= 15 is 0 Å². The molecule has 1 saturated heterocycles. The van der Waals surface area contributed by atoms with Crippen molar-refractivity contribution in [2.45, 2.75) is 18.9 Å². The summed E-state index contributed by atoms with van der Waals surface area (Å²) in [4.78, 5) is 8.95. The van der Waals surface area contributed by atoms with Gasteiger partial charge in [-0.25, -0.2) is 9.97 Å². The largest absolute Gasteiger partial charge is 0.493 e. The number of benzene rings is 2. The molecule has 43 heavy (non-hydrogen) atoms. The van der Waals surface area contributed by atoms with Gasteiger partial charge in [0.25, 0.3) is 10.2 Å². The SMILES string of the molecule is COc1cc(Nc2nccc(-c3ccc(OC4CCOCC4)c(C#N)c3)n2)ccc1OCCOCCNS(=O)(=O)N(C)C. The molecule has 0 bridgehead atoms. The van der Waals surface area contributed by atoms with Gasteiger partial charge in [-0.1, -0.05) is 0 Å². The highest BCUT2D eigenvalue weighted by molar-refractivity contribution is 7.87. The van der Waals surface area contributed by atoms with Gasteiger partial charge >= 0.3 is 0 Å². The number of ether oxygens (including phenoxy) is 5. The van der Waals surface area contributed by atoms with E-state index in [-0.39, 0.29) is 32.5 Å². The monoisotopic (exact) mass is 612 g/mol. The minimum absolute atomic E-state index is 0.0347. The Labute approximate surface area is 251 Å². The molecule has 2 aromatic carbocycles. The van der Waals surface area contributed by atoms with Crippen molar-refractivity contribution in [1.29, 1.82) is 5.26 Å². The smallest absolute Gasteiger partial charge is 0.279 e. The Bertz CT molecular complexity index is 1510. The van der Waals surface area contributed by atoms with E-state index in [1.165, 1.54) is 14.1 Å². The van der Waals surface area contributed by atoms with Gasteiger partial charge in [0, 0.05) is 57.0 Å². The van der Waals surface area contributed by atoms with E-state index in [0.717, 1.165) is 22.7 Å². The maximum Gasteiger partial charge on any atom is 0.279 e. The van der Waals surface area contributed by atoms with Gasteiger partial charge in [-0.3, -0.25) is 0 Å². The standard InChI is InChI=1S/C29H36N6O7S/c1-35(2)43(36,37)32-12-15-40-16-17-41-27-7-5-23(19-28(27)38-3)33-29-31-11-8-25(34-29)21-4-6-26(22(18-21)20-30)42-24-9-13-39-14-10-24/h4-8,11,18-19,24,32H,9-10,12-17H2,1-3H3,(H,31,33,34). The van der Waals surface area contributed by atoms with Crippen molar-refractivity contribution in [2.24, 2.45) is 0 Å². The Balaban J connectivity index is 1.33. The van der Waals surface area contributed by atoms with Crippen LogP contribution in [0, 0.1) is 11.3 Å². The number of rotatable bonds is 15. The molecule has 1 fully saturated rings. The summed E-state index contributed by atoms with van der Waals surface area (Å²) in [6, 6.07) is 14.8. The van der Waals surface area contributed by atoms with Crippen LogP contribution in [0.1, 0.15) is 18.4 Å². The van der Waals surface area contributed by atoms with E-state index in [0.29, 0.717) is 53.4 Å².